The number of halogens is 1. The molecule has 0 heterocycles. The molecule has 2 aromatic carbocycles. The summed E-state index contributed by atoms with van der Waals surface area (Å²) in [5.74, 6) is -0.857. The molecule has 0 radical (unpaired) electrons. The van der Waals surface area contributed by atoms with E-state index in [1.54, 1.807) is 18.2 Å². The second kappa shape index (κ2) is 5.50. The van der Waals surface area contributed by atoms with Gasteiger partial charge in [0.1, 0.15) is 5.82 Å². The van der Waals surface area contributed by atoms with Gasteiger partial charge in [-0.15, -0.1) is 0 Å². The Morgan fingerprint density at radius 2 is 1.58 bits per heavy atom. The van der Waals surface area contributed by atoms with Crippen molar-refractivity contribution >= 4 is 9.84 Å². The predicted molar refractivity (Wildman–Crippen MR) is 69.9 cm³/mol. The summed E-state index contributed by atoms with van der Waals surface area (Å²) >= 11 is 0. The van der Waals surface area contributed by atoms with Crippen LogP contribution < -0.4 is 0 Å². The first-order chi connectivity index (χ1) is 8.99. The molecule has 5 heteroatoms. The topological polar surface area (TPSA) is 54.4 Å². The molecule has 0 saturated carbocycles. The van der Waals surface area contributed by atoms with Gasteiger partial charge in [0, 0.05) is 0 Å². The largest absolute Gasteiger partial charge is 0.387 e. The lowest BCUT2D eigenvalue weighted by Gasteiger charge is -2.11. The molecule has 0 saturated heterocycles. The molecule has 0 amide bonds. The van der Waals surface area contributed by atoms with Gasteiger partial charge in [0.2, 0.25) is 0 Å². The Morgan fingerprint density at radius 3 is 2.16 bits per heavy atom. The summed E-state index contributed by atoms with van der Waals surface area (Å²) in [6, 6.07) is 13.0. The van der Waals surface area contributed by atoms with Crippen LogP contribution in [0.2, 0.25) is 0 Å². The summed E-state index contributed by atoms with van der Waals surface area (Å²) in [6.07, 6.45) is -1.18. The van der Waals surface area contributed by atoms with Crippen molar-refractivity contribution in [1.29, 1.82) is 0 Å². The van der Waals surface area contributed by atoms with Gasteiger partial charge < -0.3 is 5.11 Å². The maximum Gasteiger partial charge on any atom is 0.181 e. The number of hydrogen-bond donors (Lipinski definition) is 1. The molecule has 0 aliphatic heterocycles. The Labute approximate surface area is 111 Å². The van der Waals surface area contributed by atoms with E-state index in [1.165, 1.54) is 36.4 Å². The summed E-state index contributed by atoms with van der Waals surface area (Å²) in [6.45, 7) is 0. The minimum atomic E-state index is -3.56. The normalized spacial score (nSPS) is 13.2. The first kappa shape index (κ1) is 13.7. The number of hydrogen-bond acceptors (Lipinski definition) is 3. The van der Waals surface area contributed by atoms with Gasteiger partial charge in [-0.1, -0.05) is 30.3 Å². The van der Waals surface area contributed by atoms with Crippen LogP contribution in [0, 0.1) is 5.82 Å². The molecule has 2 rings (SSSR count). The first-order valence-electron chi connectivity index (χ1n) is 5.70. The van der Waals surface area contributed by atoms with Crippen LogP contribution in [-0.4, -0.2) is 19.3 Å². The van der Waals surface area contributed by atoms with E-state index < -0.39 is 27.5 Å². The highest BCUT2D eigenvalue weighted by molar-refractivity contribution is 7.91. The molecule has 19 heavy (non-hydrogen) atoms. The Balaban J connectivity index is 2.19. The number of benzene rings is 2. The van der Waals surface area contributed by atoms with Crippen molar-refractivity contribution in [2.75, 3.05) is 5.75 Å². The fraction of sp³-hybridized carbons (Fsp3) is 0.143. The van der Waals surface area contributed by atoms with Crippen LogP contribution >= 0.6 is 0 Å². The molecule has 1 N–H and O–H groups in total. The van der Waals surface area contributed by atoms with Gasteiger partial charge in [-0.05, 0) is 29.8 Å². The van der Waals surface area contributed by atoms with Gasteiger partial charge in [-0.3, -0.25) is 0 Å². The minimum absolute atomic E-state index is 0.163. The number of aliphatic hydroxyl groups excluding tert-OH is 1. The highest BCUT2D eigenvalue weighted by Gasteiger charge is 2.20. The molecular weight excluding hydrogens is 267 g/mol. The molecule has 3 nitrogen and oxygen atoms in total. The summed E-state index contributed by atoms with van der Waals surface area (Å²) < 4.78 is 36.9. The second-order valence-electron chi connectivity index (χ2n) is 4.16. The number of rotatable bonds is 4. The Kier molecular flexibility index (Phi) is 3.97. The van der Waals surface area contributed by atoms with Gasteiger partial charge >= 0.3 is 0 Å². The van der Waals surface area contributed by atoms with Crippen LogP contribution in [0.3, 0.4) is 0 Å². The fourth-order valence-corrected chi connectivity index (χ4v) is 3.09. The van der Waals surface area contributed by atoms with E-state index in [9.17, 15) is 17.9 Å². The Hall–Kier alpha value is -1.72. The summed E-state index contributed by atoms with van der Waals surface area (Å²) in [4.78, 5) is 0.163. The van der Waals surface area contributed by atoms with Crippen molar-refractivity contribution in [3.05, 3.63) is 66.0 Å². The zero-order valence-electron chi connectivity index (χ0n) is 10.0. The third-order valence-electron chi connectivity index (χ3n) is 2.73. The molecule has 2 aromatic rings. The van der Waals surface area contributed by atoms with Crippen LogP contribution in [0.15, 0.2) is 59.5 Å². The molecule has 0 spiro atoms. The zero-order chi connectivity index (χ0) is 13.9. The molecule has 0 aliphatic rings. The van der Waals surface area contributed by atoms with Crippen molar-refractivity contribution in [2.45, 2.75) is 11.0 Å². The molecule has 100 valence electrons. The van der Waals surface area contributed by atoms with Crippen LogP contribution in [0.4, 0.5) is 4.39 Å². The number of sulfone groups is 1. The smallest absolute Gasteiger partial charge is 0.181 e. The number of aliphatic hydroxyl groups is 1. The molecule has 0 fully saturated rings. The summed E-state index contributed by atoms with van der Waals surface area (Å²) in [5.41, 5.74) is 0.376. The lowest BCUT2D eigenvalue weighted by molar-refractivity contribution is 0.201. The van der Waals surface area contributed by atoms with Gasteiger partial charge in [0.05, 0.1) is 16.8 Å². The van der Waals surface area contributed by atoms with Gasteiger partial charge in [0.25, 0.3) is 0 Å². The van der Waals surface area contributed by atoms with E-state index >= 15 is 0 Å². The van der Waals surface area contributed by atoms with Crippen LogP contribution in [0.5, 0.6) is 0 Å². The van der Waals surface area contributed by atoms with E-state index in [-0.39, 0.29) is 4.90 Å². The average Bonchev–Trinajstić information content (AvgIpc) is 2.40. The van der Waals surface area contributed by atoms with Crippen molar-refractivity contribution in [1.82, 2.24) is 0 Å². The van der Waals surface area contributed by atoms with E-state index in [2.05, 4.69) is 0 Å². The quantitative estimate of drug-likeness (QED) is 0.935. The molecule has 0 aliphatic carbocycles. The van der Waals surface area contributed by atoms with Crippen LogP contribution in [-0.2, 0) is 9.84 Å². The summed E-state index contributed by atoms with van der Waals surface area (Å²) in [5, 5.41) is 9.91. The van der Waals surface area contributed by atoms with Crippen LogP contribution in [0.25, 0.3) is 0 Å². The average molecular weight is 280 g/mol. The van der Waals surface area contributed by atoms with E-state index in [0.717, 1.165) is 0 Å². The Bertz CT molecular complexity index is 636. The highest BCUT2D eigenvalue weighted by Crippen LogP contribution is 2.19. The highest BCUT2D eigenvalue weighted by atomic mass is 32.2. The maximum atomic E-state index is 12.8. The molecule has 1 atom stereocenters. The van der Waals surface area contributed by atoms with Crippen molar-refractivity contribution in [3.8, 4) is 0 Å². The van der Waals surface area contributed by atoms with Gasteiger partial charge in [0.15, 0.2) is 9.84 Å². The third-order valence-corrected chi connectivity index (χ3v) is 4.48. The standard InChI is InChI=1S/C14H13FO3S/c15-12-8-6-11(7-9-12)14(16)10-19(17,18)13-4-2-1-3-5-13/h1-9,14,16H,10H2. The molecule has 0 bridgehead atoms. The fourth-order valence-electron chi connectivity index (χ4n) is 1.71. The van der Waals surface area contributed by atoms with Gasteiger partial charge in [-0.25, -0.2) is 12.8 Å². The monoisotopic (exact) mass is 280 g/mol. The lowest BCUT2D eigenvalue weighted by Crippen LogP contribution is -2.14. The van der Waals surface area contributed by atoms with E-state index in [1.807, 2.05) is 0 Å². The SMILES string of the molecule is O=S(=O)(CC(O)c1ccc(F)cc1)c1ccccc1. The Morgan fingerprint density at radius 1 is 1.00 bits per heavy atom. The van der Waals surface area contributed by atoms with E-state index in [4.69, 9.17) is 0 Å². The molecular formula is C14H13FO3S. The van der Waals surface area contributed by atoms with Crippen molar-refractivity contribution < 1.29 is 17.9 Å². The van der Waals surface area contributed by atoms with Crippen LogP contribution in [0.1, 0.15) is 11.7 Å². The van der Waals surface area contributed by atoms with Crippen molar-refractivity contribution in [3.63, 3.8) is 0 Å². The molecule has 0 aromatic heterocycles. The minimum Gasteiger partial charge on any atom is -0.387 e. The summed E-state index contributed by atoms with van der Waals surface area (Å²) in [7, 11) is -3.56. The zero-order valence-corrected chi connectivity index (χ0v) is 10.8. The van der Waals surface area contributed by atoms with Gasteiger partial charge in [-0.2, -0.15) is 0 Å². The second-order valence-corrected chi connectivity index (χ2v) is 6.20. The van der Waals surface area contributed by atoms with E-state index in [0.29, 0.717) is 5.56 Å². The maximum absolute atomic E-state index is 12.8. The first-order valence-corrected chi connectivity index (χ1v) is 7.35. The predicted octanol–water partition coefficient (Wildman–Crippen LogP) is 2.33. The molecule has 1 unspecified atom stereocenters. The third kappa shape index (κ3) is 3.39. The lowest BCUT2D eigenvalue weighted by atomic mass is 10.1. The van der Waals surface area contributed by atoms with Crippen molar-refractivity contribution in [2.24, 2.45) is 0 Å².